The zero-order valence-electron chi connectivity index (χ0n) is 10.4. The molecule has 3 aromatic heterocycles. The zero-order valence-corrected chi connectivity index (χ0v) is 10.4. The van der Waals surface area contributed by atoms with Crippen molar-refractivity contribution in [2.24, 2.45) is 0 Å². The molecule has 0 bridgehead atoms. The van der Waals surface area contributed by atoms with Crippen molar-refractivity contribution in [3.8, 4) is 5.95 Å². The zero-order chi connectivity index (χ0) is 13.4. The van der Waals surface area contributed by atoms with Crippen LogP contribution in [0.1, 0.15) is 5.69 Å². The number of benzene rings is 1. The summed E-state index contributed by atoms with van der Waals surface area (Å²) in [5, 5.41) is 14.7. The standard InChI is InChI=1S/C12H10N8/c1-2-4-11-10(3-1)14-8-19(11)5-9-6-20(18-16-9)12-13-7-15-17-12/h1-4,6-8H,5H2,(H,13,15,17). The maximum Gasteiger partial charge on any atom is 0.247 e. The van der Waals surface area contributed by atoms with E-state index in [0.717, 1.165) is 16.7 Å². The number of hydrogen-bond acceptors (Lipinski definition) is 5. The minimum Gasteiger partial charge on any atom is -0.324 e. The predicted octanol–water partition coefficient (Wildman–Crippen LogP) is 0.783. The Morgan fingerprint density at radius 1 is 1.15 bits per heavy atom. The minimum atomic E-state index is 0.541. The van der Waals surface area contributed by atoms with Gasteiger partial charge < -0.3 is 4.57 Å². The van der Waals surface area contributed by atoms with Crippen molar-refractivity contribution in [1.82, 2.24) is 39.7 Å². The number of aromatic amines is 1. The van der Waals surface area contributed by atoms with E-state index < -0.39 is 0 Å². The van der Waals surface area contributed by atoms with Crippen LogP contribution in [0, 0.1) is 0 Å². The summed E-state index contributed by atoms with van der Waals surface area (Å²) < 4.78 is 3.59. The molecule has 0 aliphatic heterocycles. The molecule has 0 amide bonds. The van der Waals surface area contributed by atoms with Crippen LogP contribution in [-0.4, -0.2) is 39.7 Å². The van der Waals surface area contributed by atoms with Crippen LogP contribution in [-0.2, 0) is 6.54 Å². The number of aromatic nitrogens is 8. The van der Waals surface area contributed by atoms with Gasteiger partial charge in [-0.2, -0.15) is 14.8 Å². The van der Waals surface area contributed by atoms with Gasteiger partial charge in [0.05, 0.1) is 30.1 Å². The first-order chi connectivity index (χ1) is 9.90. The highest BCUT2D eigenvalue weighted by Gasteiger charge is 2.07. The summed E-state index contributed by atoms with van der Waals surface area (Å²) in [5.74, 6) is 0.541. The van der Waals surface area contributed by atoms with Gasteiger partial charge in [-0.05, 0) is 12.1 Å². The fraction of sp³-hybridized carbons (Fsp3) is 0.0833. The van der Waals surface area contributed by atoms with E-state index in [-0.39, 0.29) is 0 Å². The van der Waals surface area contributed by atoms with Crippen LogP contribution in [0.25, 0.3) is 17.0 Å². The normalized spacial score (nSPS) is 11.2. The number of hydrogen-bond donors (Lipinski definition) is 1. The van der Waals surface area contributed by atoms with E-state index in [0.29, 0.717) is 12.5 Å². The van der Waals surface area contributed by atoms with Crippen molar-refractivity contribution in [2.45, 2.75) is 6.54 Å². The Hall–Kier alpha value is -3.03. The molecule has 1 aromatic carbocycles. The fourth-order valence-electron chi connectivity index (χ4n) is 2.09. The summed E-state index contributed by atoms with van der Waals surface area (Å²) in [5.41, 5.74) is 2.86. The first-order valence-electron chi connectivity index (χ1n) is 6.07. The molecule has 0 saturated heterocycles. The third-order valence-electron chi connectivity index (χ3n) is 3.02. The van der Waals surface area contributed by atoms with Gasteiger partial charge >= 0.3 is 0 Å². The highest BCUT2D eigenvalue weighted by Crippen LogP contribution is 2.13. The predicted molar refractivity (Wildman–Crippen MR) is 70.1 cm³/mol. The molecule has 0 unspecified atom stereocenters. The highest BCUT2D eigenvalue weighted by atomic mass is 15.5. The van der Waals surface area contributed by atoms with Crippen molar-refractivity contribution in [2.75, 3.05) is 0 Å². The maximum atomic E-state index is 4.35. The van der Waals surface area contributed by atoms with Crippen LogP contribution >= 0.6 is 0 Å². The van der Waals surface area contributed by atoms with Crippen LogP contribution in [0.2, 0.25) is 0 Å². The summed E-state index contributed by atoms with van der Waals surface area (Å²) in [6.07, 6.45) is 5.05. The molecular formula is C12H10N8. The molecule has 8 nitrogen and oxygen atoms in total. The van der Waals surface area contributed by atoms with E-state index in [1.165, 1.54) is 6.33 Å². The van der Waals surface area contributed by atoms with Crippen molar-refractivity contribution in [3.05, 3.63) is 48.8 Å². The van der Waals surface area contributed by atoms with Gasteiger partial charge in [0, 0.05) is 0 Å². The molecule has 0 aliphatic rings. The molecule has 8 heteroatoms. The molecule has 20 heavy (non-hydrogen) atoms. The van der Waals surface area contributed by atoms with E-state index >= 15 is 0 Å². The summed E-state index contributed by atoms with van der Waals surface area (Å²) in [6, 6.07) is 7.98. The molecule has 0 saturated carbocycles. The average Bonchev–Trinajstić information content (AvgIpc) is 3.19. The summed E-state index contributed by atoms with van der Waals surface area (Å²) in [4.78, 5) is 8.37. The molecular weight excluding hydrogens is 256 g/mol. The second-order valence-corrected chi connectivity index (χ2v) is 4.32. The van der Waals surface area contributed by atoms with E-state index in [9.17, 15) is 0 Å². The number of imidazole rings is 1. The number of fused-ring (bicyclic) bond motifs is 1. The Balaban J connectivity index is 1.66. The molecule has 0 radical (unpaired) electrons. The Kier molecular flexibility index (Phi) is 2.31. The largest absolute Gasteiger partial charge is 0.324 e. The van der Waals surface area contributed by atoms with E-state index in [2.05, 4.69) is 30.5 Å². The van der Waals surface area contributed by atoms with Crippen molar-refractivity contribution in [1.29, 1.82) is 0 Å². The quantitative estimate of drug-likeness (QED) is 0.592. The number of H-pyrrole nitrogens is 1. The monoisotopic (exact) mass is 266 g/mol. The first-order valence-corrected chi connectivity index (χ1v) is 6.07. The van der Waals surface area contributed by atoms with Gasteiger partial charge in [-0.25, -0.2) is 10.1 Å². The van der Waals surface area contributed by atoms with Crippen LogP contribution in [0.3, 0.4) is 0 Å². The minimum absolute atomic E-state index is 0.541. The molecule has 4 rings (SSSR count). The lowest BCUT2D eigenvalue weighted by Gasteiger charge is -1.99. The van der Waals surface area contributed by atoms with Crippen molar-refractivity contribution >= 4 is 11.0 Å². The molecule has 1 N–H and O–H groups in total. The van der Waals surface area contributed by atoms with Crippen molar-refractivity contribution in [3.63, 3.8) is 0 Å². The van der Waals surface area contributed by atoms with Gasteiger partial charge in [0.15, 0.2) is 0 Å². The van der Waals surface area contributed by atoms with E-state index in [1.54, 1.807) is 11.0 Å². The summed E-state index contributed by atoms with van der Waals surface area (Å²) >= 11 is 0. The highest BCUT2D eigenvalue weighted by molar-refractivity contribution is 5.74. The molecule has 0 fully saturated rings. The second kappa shape index (κ2) is 4.26. The molecule has 0 aliphatic carbocycles. The lowest BCUT2D eigenvalue weighted by Crippen LogP contribution is -1.98. The van der Waals surface area contributed by atoms with Gasteiger partial charge in [-0.3, -0.25) is 0 Å². The molecule has 0 spiro atoms. The third kappa shape index (κ3) is 1.74. The van der Waals surface area contributed by atoms with Gasteiger partial charge in [0.1, 0.15) is 12.0 Å². The second-order valence-electron chi connectivity index (χ2n) is 4.32. The summed E-state index contributed by atoms with van der Waals surface area (Å²) in [6.45, 7) is 0.606. The molecule has 98 valence electrons. The van der Waals surface area contributed by atoms with Gasteiger partial charge in [-0.1, -0.05) is 17.3 Å². The van der Waals surface area contributed by atoms with Gasteiger partial charge in [0.2, 0.25) is 5.95 Å². The Morgan fingerprint density at radius 2 is 2.10 bits per heavy atom. The lowest BCUT2D eigenvalue weighted by atomic mass is 10.3. The SMILES string of the molecule is c1ccc2c(c1)ncn2Cc1cn(-c2ncn[nH]2)nn1. The maximum absolute atomic E-state index is 4.35. The number of para-hydroxylation sites is 2. The smallest absolute Gasteiger partial charge is 0.247 e. The summed E-state index contributed by atoms with van der Waals surface area (Å²) in [7, 11) is 0. The van der Waals surface area contributed by atoms with Crippen molar-refractivity contribution < 1.29 is 0 Å². The van der Waals surface area contributed by atoms with Crippen LogP contribution in [0.4, 0.5) is 0 Å². The number of nitrogens with one attached hydrogen (secondary N) is 1. The topological polar surface area (TPSA) is 90.1 Å². The number of nitrogens with zero attached hydrogens (tertiary/aromatic N) is 7. The fourth-order valence-corrected chi connectivity index (χ4v) is 2.09. The van der Waals surface area contributed by atoms with Gasteiger partial charge in [-0.15, -0.1) is 5.10 Å². The number of rotatable bonds is 3. The lowest BCUT2D eigenvalue weighted by molar-refractivity contribution is 0.747. The van der Waals surface area contributed by atoms with Crippen LogP contribution in [0.5, 0.6) is 0 Å². The van der Waals surface area contributed by atoms with Crippen LogP contribution < -0.4 is 0 Å². The average molecular weight is 266 g/mol. The Bertz CT molecular complexity index is 841. The molecule has 4 aromatic rings. The van der Waals surface area contributed by atoms with Crippen LogP contribution in [0.15, 0.2) is 43.1 Å². The molecule has 0 atom stereocenters. The first kappa shape index (κ1) is 10.9. The third-order valence-corrected chi connectivity index (χ3v) is 3.02. The van der Waals surface area contributed by atoms with Gasteiger partial charge in [0.25, 0.3) is 0 Å². The van der Waals surface area contributed by atoms with E-state index in [4.69, 9.17) is 0 Å². The van der Waals surface area contributed by atoms with E-state index in [1.807, 2.05) is 35.0 Å². The molecule has 3 heterocycles. The Morgan fingerprint density at radius 3 is 3.00 bits per heavy atom. The Labute approximate surface area is 113 Å².